The van der Waals surface area contributed by atoms with Gasteiger partial charge in [0.25, 0.3) is 0 Å². The summed E-state index contributed by atoms with van der Waals surface area (Å²) in [5, 5.41) is 0. The van der Waals surface area contributed by atoms with E-state index < -0.39 is 0 Å². The monoisotopic (exact) mass is 180 g/mol. The fourth-order valence-electron chi connectivity index (χ4n) is 1.07. The van der Waals surface area contributed by atoms with E-state index in [0.29, 0.717) is 6.04 Å². The van der Waals surface area contributed by atoms with E-state index in [4.69, 9.17) is 0 Å². The molecule has 0 aromatic carbocycles. The number of nitrogens with zero attached hydrogens (tertiary/aromatic N) is 2. The first-order valence-electron chi connectivity index (χ1n) is 4.85. The lowest BCUT2D eigenvalue weighted by molar-refractivity contribution is 0.569. The molecule has 0 aliphatic heterocycles. The minimum Gasteiger partial charge on any atom is -0.331 e. The Morgan fingerprint density at radius 2 is 1.85 bits per heavy atom. The second kappa shape index (κ2) is 6.46. The summed E-state index contributed by atoms with van der Waals surface area (Å²) in [5.41, 5.74) is 1.03. The van der Waals surface area contributed by atoms with Crippen LogP contribution < -0.4 is 5.49 Å². The largest absolute Gasteiger partial charge is 0.331 e. The van der Waals surface area contributed by atoms with Gasteiger partial charge < -0.3 is 4.57 Å². The van der Waals surface area contributed by atoms with Crippen molar-refractivity contribution in [3.63, 3.8) is 0 Å². The first-order chi connectivity index (χ1) is 6.25. The normalized spacial score (nSPS) is 11.1. The minimum absolute atomic E-state index is 0.481. The van der Waals surface area contributed by atoms with Crippen LogP contribution in [0.2, 0.25) is 0 Å². The molecule has 1 aromatic heterocycles. The van der Waals surface area contributed by atoms with E-state index in [1.54, 1.807) is 0 Å². The zero-order valence-corrected chi connectivity index (χ0v) is 9.28. The van der Waals surface area contributed by atoms with E-state index >= 15 is 0 Å². The standard InChI is InChI=1S/C9H14N2.C2H6/c1-8(2)11-7-5-4-6-9(11)10-3;1-2/h4-8H,1-3H3;1-2H3. The highest BCUT2D eigenvalue weighted by molar-refractivity contribution is 4.93. The summed E-state index contributed by atoms with van der Waals surface area (Å²) < 4.78 is 2.14. The summed E-state index contributed by atoms with van der Waals surface area (Å²) in [6.07, 6.45) is 2.05. The maximum Gasteiger partial charge on any atom is 0.127 e. The number of aromatic nitrogens is 1. The maximum absolute atomic E-state index is 4.15. The van der Waals surface area contributed by atoms with Crippen molar-refractivity contribution in [3.8, 4) is 0 Å². The van der Waals surface area contributed by atoms with Crippen LogP contribution in [0.1, 0.15) is 33.7 Å². The molecule has 0 radical (unpaired) electrons. The van der Waals surface area contributed by atoms with E-state index in [0.717, 1.165) is 5.49 Å². The molecule has 0 saturated carbocycles. The Morgan fingerprint density at radius 3 is 2.23 bits per heavy atom. The Bertz CT molecular complexity index is 284. The van der Waals surface area contributed by atoms with Crippen LogP contribution in [0.15, 0.2) is 29.4 Å². The minimum atomic E-state index is 0.481. The van der Waals surface area contributed by atoms with E-state index in [-0.39, 0.29) is 0 Å². The number of hydrogen-bond donors (Lipinski definition) is 0. The van der Waals surface area contributed by atoms with Crippen molar-refractivity contribution in [2.45, 2.75) is 33.7 Å². The molecule has 13 heavy (non-hydrogen) atoms. The van der Waals surface area contributed by atoms with E-state index in [1.165, 1.54) is 0 Å². The van der Waals surface area contributed by atoms with Crippen LogP contribution in [-0.2, 0) is 0 Å². The average Bonchev–Trinajstić information content (AvgIpc) is 2.20. The van der Waals surface area contributed by atoms with Gasteiger partial charge in [-0.15, -0.1) is 0 Å². The molecule has 0 fully saturated rings. The first-order valence-corrected chi connectivity index (χ1v) is 4.85. The van der Waals surface area contributed by atoms with Gasteiger partial charge in [-0.25, -0.2) is 0 Å². The van der Waals surface area contributed by atoms with Crippen molar-refractivity contribution in [1.82, 2.24) is 4.57 Å². The summed E-state index contributed by atoms with van der Waals surface area (Å²) in [6, 6.07) is 6.52. The highest BCUT2D eigenvalue weighted by Gasteiger charge is 1.94. The molecule has 2 heteroatoms. The lowest BCUT2D eigenvalue weighted by Gasteiger charge is -2.09. The topological polar surface area (TPSA) is 17.3 Å². The van der Waals surface area contributed by atoms with Gasteiger partial charge in [0.1, 0.15) is 5.49 Å². The zero-order chi connectivity index (χ0) is 10.3. The van der Waals surface area contributed by atoms with Gasteiger partial charge in [0.15, 0.2) is 0 Å². The average molecular weight is 180 g/mol. The molecule has 1 heterocycles. The van der Waals surface area contributed by atoms with Crippen LogP contribution in [0.3, 0.4) is 0 Å². The van der Waals surface area contributed by atoms with Gasteiger partial charge in [-0.1, -0.05) is 19.9 Å². The molecule has 0 spiro atoms. The molecule has 0 amide bonds. The third-order valence-electron chi connectivity index (χ3n) is 1.65. The van der Waals surface area contributed by atoms with Crippen molar-refractivity contribution in [1.29, 1.82) is 0 Å². The molecule has 0 N–H and O–H groups in total. The van der Waals surface area contributed by atoms with Crippen molar-refractivity contribution >= 4 is 0 Å². The van der Waals surface area contributed by atoms with Crippen LogP contribution in [0.4, 0.5) is 0 Å². The molecular weight excluding hydrogens is 160 g/mol. The lowest BCUT2D eigenvalue weighted by Crippen LogP contribution is -2.20. The molecule has 0 atom stereocenters. The predicted octanol–water partition coefficient (Wildman–Crippen LogP) is 2.63. The molecule has 0 unspecified atom stereocenters. The molecule has 0 aliphatic carbocycles. The summed E-state index contributed by atoms with van der Waals surface area (Å²) >= 11 is 0. The van der Waals surface area contributed by atoms with Gasteiger partial charge in [-0.2, -0.15) is 0 Å². The highest BCUT2D eigenvalue weighted by atomic mass is 15.0. The lowest BCUT2D eigenvalue weighted by atomic mass is 10.3. The van der Waals surface area contributed by atoms with Gasteiger partial charge in [-0.05, 0) is 26.0 Å². The van der Waals surface area contributed by atoms with Gasteiger partial charge in [-0.3, -0.25) is 4.99 Å². The Hall–Kier alpha value is -1.05. The molecule has 1 aromatic rings. The van der Waals surface area contributed by atoms with Gasteiger partial charge >= 0.3 is 0 Å². The molecule has 2 nitrogen and oxygen atoms in total. The Morgan fingerprint density at radius 1 is 1.23 bits per heavy atom. The number of pyridine rings is 1. The summed E-state index contributed by atoms with van der Waals surface area (Å²) in [5.74, 6) is 0. The summed E-state index contributed by atoms with van der Waals surface area (Å²) in [7, 11) is 1.81. The second-order valence-corrected chi connectivity index (χ2v) is 2.78. The third kappa shape index (κ3) is 3.45. The molecule has 0 aliphatic rings. The van der Waals surface area contributed by atoms with Crippen molar-refractivity contribution in [2.75, 3.05) is 7.05 Å². The van der Waals surface area contributed by atoms with Crippen LogP contribution in [0.25, 0.3) is 0 Å². The van der Waals surface area contributed by atoms with Crippen molar-refractivity contribution < 1.29 is 0 Å². The fraction of sp³-hybridized carbons (Fsp3) is 0.545. The quantitative estimate of drug-likeness (QED) is 0.632. The Labute approximate surface area is 81.0 Å². The SMILES string of the molecule is CC.CN=c1ccccn1C(C)C. The fourth-order valence-corrected chi connectivity index (χ4v) is 1.07. The van der Waals surface area contributed by atoms with E-state index in [9.17, 15) is 0 Å². The highest BCUT2D eigenvalue weighted by Crippen LogP contribution is 1.97. The molecular formula is C11H20N2. The zero-order valence-electron chi connectivity index (χ0n) is 9.28. The predicted molar refractivity (Wildman–Crippen MR) is 57.7 cm³/mol. The summed E-state index contributed by atoms with van der Waals surface area (Å²) in [6.45, 7) is 8.30. The van der Waals surface area contributed by atoms with Crippen LogP contribution in [0.5, 0.6) is 0 Å². The van der Waals surface area contributed by atoms with Crippen molar-refractivity contribution in [2.24, 2.45) is 4.99 Å². The van der Waals surface area contributed by atoms with Crippen molar-refractivity contribution in [3.05, 3.63) is 29.9 Å². The van der Waals surface area contributed by atoms with Crippen LogP contribution in [-0.4, -0.2) is 11.6 Å². The van der Waals surface area contributed by atoms with Crippen LogP contribution >= 0.6 is 0 Å². The number of hydrogen-bond acceptors (Lipinski definition) is 1. The molecule has 74 valence electrons. The second-order valence-electron chi connectivity index (χ2n) is 2.78. The van der Waals surface area contributed by atoms with Crippen LogP contribution in [0, 0.1) is 0 Å². The molecule has 1 rings (SSSR count). The Kier molecular flexibility index (Phi) is 5.94. The Balaban J connectivity index is 0.000000671. The summed E-state index contributed by atoms with van der Waals surface area (Å²) in [4.78, 5) is 4.15. The number of rotatable bonds is 1. The smallest absolute Gasteiger partial charge is 0.127 e. The first kappa shape index (κ1) is 11.9. The maximum atomic E-state index is 4.15. The van der Waals surface area contributed by atoms with Gasteiger partial charge in [0.05, 0.1) is 0 Å². The van der Waals surface area contributed by atoms with Gasteiger partial charge in [0, 0.05) is 19.3 Å². The third-order valence-corrected chi connectivity index (χ3v) is 1.65. The molecule has 0 saturated heterocycles. The van der Waals surface area contributed by atoms with E-state index in [1.807, 2.05) is 45.3 Å². The van der Waals surface area contributed by atoms with E-state index in [2.05, 4.69) is 23.4 Å². The molecule has 0 bridgehead atoms. The van der Waals surface area contributed by atoms with Gasteiger partial charge in [0.2, 0.25) is 0 Å².